The third kappa shape index (κ3) is 1.90. The molecule has 1 aromatic rings. The molecule has 0 bridgehead atoms. The quantitative estimate of drug-likeness (QED) is 0.482. The summed E-state index contributed by atoms with van der Waals surface area (Å²) >= 11 is 0. The second kappa shape index (κ2) is 3.80. The van der Waals surface area contributed by atoms with Crippen LogP contribution in [0.15, 0.2) is 12.1 Å². The zero-order valence-corrected chi connectivity index (χ0v) is 7.72. The minimum absolute atomic E-state index is 0.643. The molecule has 0 spiro atoms. The lowest BCUT2D eigenvalue weighted by atomic mass is 10.1. The van der Waals surface area contributed by atoms with Gasteiger partial charge in [0.1, 0.15) is 0 Å². The highest BCUT2D eigenvalue weighted by Gasteiger charge is 2.02. The van der Waals surface area contributed by atoms with Crippen molar-refractivity contribution in [1.82, 2.24) is 0 Å². The number of carbonyl (C=O) groups is 1. The lowest BCUT2D eigenvalue weighted by Crippen LogP contribution is -2.01. The molecule has 0 saturated carbocycles. The zero-order valence-electron chi connectivity index (χ0n) is 7.72. The van der Waals surface area contributed by atoms with Crippen molar-refractivity contribution in [3.05, 3.63) is 17.7 Å². The summed E-state index contributed by atoms with van der Waals surface area (Å²) in [5.74, 6) is 0. The molecule has 0 saturated heterocycles. The van der Waals surface area contributed by atoms with Crippen LogP contribution in [-0.4, -0.2) is 13.5 Å². The number of nitrogens with one attached hydrogen (secondary N) is 2. The fourth-order valence-corrected chi connectivity index (χ4v) is 1.16. The first-order chi connectivity index (χ1) is 6.19. The summed E-state index contributed by atoms with van der Waals surface area (Å²) in [7, 11) is 1.79. The number of aryl methyl sites for hydroxylation is 1. The molecule has 1 amide bonds. The van der Waals surface area contributed by atoms with Crippen LogP contribution in [0.1, 0.15) is 5.56 Å². The maximum atomic E-state index is 10.2. The molecule has 0 radical (unpaired) electrons. The average molecular weight is 179 g/mol. The highest BCUT2D eigenvalue weighted by molar-refractivity contribution is 5.80. The van der Waals surface area contributed by atoms with E-state index in [9.17, 15) is 4.79 Å². The van der Waals surface area contributed by atoms with Crippen molar-refractivity contribution in [2.45, 2.75) is 6.92 Å². The summed E-state index contributed by atoms with van der Waals surface area (Å²) in [5, 5.41) is 5.53. The highest BCUT2D eigenvalue weighted by Crippen LogP contribution is 2.26. The molecule has 4 nitrogen and oxygen atoms in total. The van der Waals surface area contributed by atoms with E-state index in [-0.39, 0.29) is 0 Å². The van der Waals surface area contributed by atoms with E-state index < -0.39 is 0 Å². The van der Waals surface area contributed by atoms with Crippen LogP contribution in [0, 0.1) is 6.92 Å². The fraction of sp³-hybridized carbons (Fsp3) is 0.222. The van der Waals surface area contributed by atoms with Gasteiger partial charge in [-0.2, -0.15) is 0 Å². The Morgan fingerprint density at radius 1 is 1.46 bits per heavy atom. The molecule has 1 rings (SSSR count). The monoisotopic (exact) mass is 179 g/mol. The molecular weight excluding hydrogens is 166 g/mol. The summed E-state index contributed by atoms with van der Waals surface area (Å²) in [6, 6.07) is 3.61. The van der Waals surface area contributed by atoms with Gasteiger partial charge in [-0.05, 0) is 24.6 Å². The first-order valence-electron chi connectivity index (χ1n) is 3.97. The van der Waals surface area contributed by atoms with Crippen LogP contribution < -0.4 is 16.4 Å². The normalized spacial score (nSPS) is 9.38. The lowest BCUT2D eigenvalue weighted by molar-refractivity contribution is -0.105. The smallest absolute Gasteiger partial charge is 0.211 e. The van der Waals surface area contributed by atoms with Crippen molar-refractivity contribution in [1.29, 1.82) is 0 Å². The number of hydrogen-bond acceptors (Lipinski definition) is 3. The standard InChI is InChI=1S/C9H13N3O/c1-6-3-7(12-5-13)4-8(11-2)9(6)10/h3-5,11H,10H2,1-2H3,(H,12,13). The summed E-state index contributed by atoms with van der Waals surface area (Å²) in [6.45, 7) is 1.89. The molecule has 0 aromatic heterocycles. The Kier molecular flexibility index (Phi) is 2.74. The SMILES string of the molecule is CNc1cc(NC=O)cc(C)c1N. The Morgan fingerprint density at radius 3 is 2.69 bits per heavy atom. The molecule has 0 unspecified atom stereocenters. The maximum absolute atomic E-state index is 10.2. The number of benzene rings is 1. The Labute approximate surface area is 77.1 Å². The molecule has 4 N–H and O–H groups in total. The summed E-state index contributed by atoms with van der Waals surface area (Å²) < 4.78 is 0. The van der Waals surface area contributed by atoms with Crippen LogP contribution in [0.5, 0.6) is 0 Å². The van der Waals surface area contributed by atoms with Crippen molar-refractivity contribution in [3.8, 4) is 0 Å². The van der Waals surface area contributed by atoms with Crippen LogP contribution in [0.2, 0.25) is 0 Å². The van der Waals surface area contributed by atoms with Crippen molar-refractivity contribution in [3.63, 3.8) is 0 Å². The molecule has 4 heteroatoms. The van der Waals surface area contributed by atoms with Crippen molar-refractivity contribution in [2.24, 2.45) is 0 Å². The van der Waals surface area contributed by atoms with Gasteiger partial charge in [-0.3, -0.25) is 4.79 Å². The number of nitrogens with two attached hydrogens (primary N) is 1. The molecule has 70 valence electrons. The largest absolute Gasteiger partial charge is 0.397 e. The topological polar surface area (TPSA) is 67.1 Å². The Bertz CT molecular complexity index is 323. The second-order valence-electron chi connectivity index (χ2n) is 2.77. The van der Waals surface area contributed by atoms with Gasteiger partial charge >= 0.3 is 0 Å². The number of rotatable bonds is 3. The van der Waals surface area contributed by atoms with Gasteiger partial charge in [0.05, 0.1) is 11.4 Å². The number of nitrogen functional groups attached to an aromatic ring is 1. The molecule has 0 aliphatic rings. The predicted molar refractivity (Wildman–Crippen MR) is 54.8 cm³/mol. The van der Waals surface area contributed by atoms with Gasteiger partial charge in [0, 0.05) is 12.7 Å². The van der Waals surface area contributed by atoms with Gasteiger partial charge in [-0.15, -0.1) is 0 Å². The van der Waals surface area contributed by atoms with Crippen LogP contribution in [0.3, 0.4) is 0 Å². The third-order valence-corrected chi connectivity index (χ3v) is 1.88. The van der Waals surface area contributed by atoms with E-state index in [1.54, 1.807) is 13.1 Å². The molecule has 1 aromatic carbocycles. The minimum atomic E-state index is 0.643. The first-order valence-corrected chi connectivity index (χ1v) is 3.97. The Balaban J connectivity index is 3.13. The van der Waals surface area contributed by atoms with Gasteiger partial charge in [-0.1, -0.05) is 0 Å². The van der Waals surface area contributed by atoms with E-state index >= 15 is 0 Å². The fourth-order valence-electron chi connectivity index (χ4n) is 1.16. The Morgan fingerprint density at radius 2 is 2.15 bits per heavy atom. The zero-order chi connectivity index (χ0) is 9.84. The van der Waals surface area contributed by atoms with E-state index in [0.717, 1.165) is 16.9 Å². The van der Waals surface area contributed by atoms with E-state index in [4.69, 9.17) is 5.73 Å². The van der Waals surface area contributed by atoms with Crippen LogP contribution in [0.4, 0.5) is 17.1 Å². The summed E-state index contributed by atoms with van der Waals surface area (Å²) in [4.78, 5) is 10.2. The molecule has 13 heavy (non-hydrogen) atoms. The molecule has 0 aliphatic carbocycles. The van der Waals surface area contributed by atoms with E-state index in [1.165, 1.54) is 0 Å². The minimum Gasteiger partial charge on any atom is -0.397 e. The van der Waals surface area contributed by atoms with E-state index in [2.05, 4.69) is 10.6 Å². The van der Waals surface area contributed by atoms with Gasteiger partial charge in [-0.25, -0.2) is 0 Å². The highest BCUT2D eigenvalue weighted by atomic mass is 16.1. The summed E-state index contributed by atoms with van der Waals surface area (Å²) in [6.07, 6.45) is 0.643. The van der Waals surface area contributed by atoms with Gasteiger partial charge in [0.2, 0.25) is 6.41 Å². The molecule has 0 heterocycles. The molecule has 0 atom stereocenters. The number of carbonyl (C=O) groups excluding carboxylic acids is 1. The molecule has 0 fully saturated rings. The van der Waals surface area contributed by atoms with Crippen LogP contribution in [-0.2, 0) is 4.79 Å². The van der Waals surface area contributed by atoms with Crippen LogP contribution >= 0.6 is 0 Å². The lowest BCUT2D eigenvalue weighted by Gasteiger charge is -2.10. The van der Waals surface area contributed by atoms with Crippen LogP contribution in [0.25, 0.3) is 0 Å². The summed E-state index contributed by atoms with van der Waals surface area (Å²) in [5.41, 5.74) is 8.99. The second-order valence-corrected chi connectivity index (χ2v) is 2.77. The molecule has 0 aliphatic heterocycles. The van der Waals surface area contributed by atoms with Gasteiger partial charge in [0.15, 0.2) is 0 Å². The average Bonchev–Trinajstić information content (AvgIpc) is 2.11. The maximum Gasteiger partial charge on any atom is 0.211 e. The Hall–Kier alpha value is -1.71. The van der Waals surface area contributed by atoms with Gasteiger partial charge < -0.3 is 16.4 Å². The number of anilines is 3. The number of hydrogen-bond donors (Lipinski definition) is 3. The van der Waals surface area contributed by atoms with E-state index in [0.29, 0.717) is 12.1 Å². The van der Waals surface area contributed by atoms with Crippen molar-refractivity contribution < 1.29 is 4.79 Å². The first kappa shape index (κ1) is 9.38. The predicted octanol–water partition coefficient (Wildman–Crippen LogP) is 1.19. The molecular formula is C9H13N3O. The third-order valence-electron chi connectivity index (χ3n) is 1.88. The van der Waals surface area contributed by atoms with E-state index in [1.807, 2.05) is 13.0 Å². The van der Waals surface area contributed by atoms with Crippen molar-refractivity contribution in [2.75, 3.05) is 23.4 Å². The van der Waals surface area contributed by atoms with Crippen molar-refractivity contribution >= 4 is 23.5 Å². The number of amides is 1. The van der Waals surface area contributed by atoms with Gasteiger partial charge in [0.25, 0.3) is 0 Å².